The molecule has 9 heteroatoms. The minimum atomic E-state index is -4.16. The second-order valence-electron chi connectivity index (χ2n) is 9.46. The van der Waals surface area contributed by atoms with Crippen LogP contribution in [0.5, 0.6) is 0 Å². The summed E-state index contributed by atoms with van der Waals surface area (Å²) >= 11 is 0. The van der Waals surface area contributed by atoms with Gasteiger partial charge in [-0.15, -0.1) is 0 Å². The average molecular weight is 462 g/mol. The van der Waals surface area contributed by atoms with E-state index < -0.39 is 22.1 Å². The molecule has 1 aromatic rings. The van der Waals surface area contributed by atoms with Crippen LogP contribution in [0.3, 0.4) is 0 Å². The Balaban J connectivity index is 1.66. The number of benzene rings is 1. The highest BCUT2D eigenvalue weighted by Gasteiger charge is 2.45. The van der Waals surface area contributed by atoms with Crippen molar-refractivity contribution >= 4 is 15.5 Å². The van der Waals surface area contributed by atoms with Gasteiger partial charge in [0.2, 0.25) is 0 Å². The van der Waals surface area contributed by atoms with E-state index in [2.05, 4.69) is 23.6 Å². The molecule has 2 aliphatic heterocycles. The van der Waals surface area contributed by atoms with E-state index >= 15 is 0 Å². The zero-order chi connectivity index (χ0) is 23.0. The van der Waals surface area contributed by atoms with Gasteiger partial charge in [-0.05, 0) is 49.9 Å². The second-order valence-corrected chi connectivity index (χ2v) is 11.5. The number of nitrogens with zero attached hydrogens (tertiary/aromatic N) is 3. The van der Waals surface area contributed by atoms with E-state index in [0.717, 1.165) is 31.9 Å². The number of anilines is 1. The predicted molar refractivity (Wildman–Crippen MR) is 117 cm³/mol. The molecule has 0 bridgehead atoms. The molecule has 0 aliphatic carbocycles. The van der Waals surface area contributed by atoms with Gasteiger partial charge in [-0.3, -0.25) is 9.80 Å². The van der Waals surface area contributed by atoms with E-state index in [-0.39, 0.29) is 18.4 Å². The van der Waals surface area contributed by atoms with Gasteiger partial charge < -0.3 is 4.90 Å². The first-order valence-corrected chi connectivity index (χ1v) is 12.8. The minimum Gasteiger partial charge on any atom is -0.369 e. The summed E-state index contributed by atoms with van der Waals surface area (Å²) in [7, 11) is -1.69. The molecule has 5 nitrogen and oxygen atoms in total. The van der Waals surface area contributed by atoms with Crippen LogP contribution in [-0.2, 0) is 9.84 Å². The molecule has 2 heterocycles. The Bertz CT molecular complexity index is 860. The molecule has 0 saturated carbocycles. The maximum absolute atomic E-state index is 13.2. The van der Waals surface area contributed by atoms with Crippen LogP contribution in [0.2, 0.25) is 0 Å². The van der Waals surface area contributed by atoms with Crippen molar-refractivity contribution < 1.29 is 21.6 Å². The maximum atomic E-state index is 13.2. The Morgan fingerprint density at radius 3 is 2.42 bits per heavy atom. The molecule has 31 heavy (non-hydrogen) atoms. The van der Waals surface area contributed by atoms with Gasteiger partial charge in [-0.2, -0.15) is 13.2 Å². The summed E-state index contributed by atoms with van der Waals surface area (Å²) in [6.07, 6.45) is -2.19. The lowest BCUT2D eigenvalue weighted by molar-refractivity contribution is -0.191. The number of likely N-dealkylation sites (tertiary alicyclic amines) is 1. The molecule has 1 aromatic carbocycles. The van der Waals surface area contributed by atoms with Crippen molar-refractivity contribution in [1.82, 2.24) is 9.80 Å². The first-order valence-electron chi connectivity index (χ1n) is 10.9. The summed E-state index contributed by atoms with van der Waals surface area (Å²) in [5.41, 5.74) is 0.902. The predicted octanol–water partition coefficient (Wildman–Crippen LogP) is 3.51. The van der Waals surface area contributed by atoms with Crippen molar-refractivity contribution in [2.45, 2.75) is 49.8 Å². The Hall–Kier alpha value is -1.32. The lowest BCUT2D eigenvalue weighted by Crippen LogP contribution is -2.58. The van der Waals surface area contributed by atoms with Crippen molar-refractivity contribution in [2.75, 3.05) is 50.9 Å². The van der Waals surface area contributed by atoms with E-state index in [0.29, 0.717) is 23.8 Å². The summed E-state index contributed by atoms with van der Waals surface area (Å²) in [5.74, 6) is 0.607. The van der Waals surface area contributed by atoms with E-state index in [9.17, 15) is 21.6 Å². The largest absolute Gasteiger partial charge is 0.404 e. The van der Waals surface area contributed by atoms with Crippen molar-refractivity contribution in [3.05, 3.63) is 24.3 Å². The summed E-state index contributed by atoms with van der Waals surface area (Å²) < 4.78 is 63.3. The molecule has 2 fully saturated rings. The Labute approximate surface area is 184 Å². The lowest BCUT2D eigenvalue weighted by atomic mass is 9.90. The van der Waals surface area contributed by atoms with Crippen LogP contribution in [0.15, 0.2) is 29.2 Å². The molecule has 0 N–H and O–H groups in total. The van der Waals surface area contributed by atoms with Gasteiger partial charge in [0.1, 0.15) is 6.04 Å². The summed E-state index contributed by atoms with van der Waals surface area (Å²) in [4.78, 5) is 6.43. The molecule has 3 unspecified atom stereocenters. The Kier molecular flexibility index (Phi) is 7.28. The number of piperazine rings is 1. The molecule has 2 aliphatic rings. The third kappa shape index (κ3) is 5.93. The monoisotopic (exact) mass is 461 g/mol. The van der Waals surface area contributed by atoms with E-state index in [1.54, 1.807) is 25.2 Å². The number of hydrogen-bond donors (Lipinski definition) is 0. The number of rotatable bonds is 5. The molecule has 2 saturated heterocycles. The highest BCUT2D eigenvalue weighted by atomic mass is 32.2. The highest BCUT2D eigenvalue weighted by Crippen LogP contribution is 2.34. The summed E-state index contributed by atoms with van der Waals surface area (Å²) in [5, 5.41) is 0. The van der Waals surface area contributed by atoms with Crippen LogP contribution < -0.4 is 4.90 Å². The quantitative estimate of drug-likeness (QED) is 0.672. The fraction of sp³-hybridized carbons (Fsp3) is 0.727. The fourth-order valence-electron chi connectivity index (χ4n) is 4.99. The lowest BCUT2D eigenvalue weighted by Gasteiger charge is -2.47. The van der Waals surface area contributed by atoms with Gasteiger partial charge in [0.05, 0.1) is 4.90 Å². The number of halogens is 3. The normalized spacial score (nSPS) is 27.1. The Morgan fingerprint density at radius 1 is 1.13 bits per heavy atom. The zero-order valence-electron chi connectivity index (χ0n) is 18.8. The van der Waals surface area contributed by atoms with E-state index in [1.807, 2.05) is 6.07 Å². The van der Waals surface area contributed by atoms with Crippen LogP contribution >= 0.6 is 0 Å². The molecule has 0 spiro atoms. The number of alkyl halides is 3. The molecule has 0 amide bonds. The van der Waals surface area contributed by atoms with Crippen LogP contribution in [0, 0.1) is 11.8 Å². The molecule has 176 valence electrons. The highest BCUT2D eigenvalue weighted by molar-refractivity contribution is 7.90. The van der Waals surface area contributed by atoms with Crippen LogP contribution in [0.25, 0.3) is 0 Å². The van der Waals surface area contributed by atoms with Crippen LogP contribution in [-0.4, -0.2) is 82.5 Å². The first-order chi connectivity index (χ1) is 14.4. The standard InChI is InChI=1S/C22H34F3N3O2S/c1-16(2)20-15-27(18-6-5-7-19(12-18)31(4,29)30)10-11-28(20)14-17-8-9-21(22(23,24)25)26(3)13-17/h5-7,12,16-17,20-21H,8-11,13-15H2,1-4H3. The van der Waals surface area contributed by atoms with Crippen molar-refractivity contribution in [2.24, 2.45) is 11.8 Å². The molecule has 0 aromatic heterocycles. The number of piperidine rings is 1. The van der Waals surface area contributed by atoms with Crippen molar-refractivity contribution in [1.29, 1.82) is 0 Å². The average Bonchev–Trinajstić information content (AvgIpc) is 2.66. The Morgan fingerprint density at radius 2 is 1.84 bits per heavy atom. The zero-order valence-corrected chi connectivity index (χ0v) is 19.6. The third-order valence-electron chi connectivity index (χ3n) is 6.71. The van der Waals surface area contributed by atoms with Gasteiger partial charge in [-0.1, -0.05) is 19.9 Å². The van der Waals surface area contributed by atoms with Gasteiger partial charge in [-0.25, -0.2) is 8.42 Å². The van der Waals surface area contributed by atoms with Gasteiger partial charge in [0, 0.05) is 50.7 Å². The van der Waals surface area contributed by atoms with E-state index in [4.69, 9.17) is 0 Å². The van der Waals surface area contributed by atoms with E-state index in [1.165, 1.54) is 11.2 Å². The number of sulfone groups is 1. The SMILES string of the molecule is CC(C)C1CN(c2cccc(S(C)(=O)=O)c2)CCN1CC1CCC(C(F)(F)F)N(C)C1. The maximum Gasteiger partial charge on any atom is 0.404 e. The van der Waals surface area contributed by atoms with Crippen molar-refractivity contribution in [3.63, 3.8) is 0 Å². The number of hydrogen-bond acceptors (Lipinski definition) is 5. The third-order valence-corrected chi connectivity index (χ3v) is 7.82. The van der Waals surface area contributed by atoms with Gasteiger partial charge >= 0.3 is 6.18 Å². The molecular formula is C22H34F3N3O2S. The topological polar surface area (TPSA) is 43.9 Å². The van der Waals surface area contributed by atoms with Crippen molar-refractivity contribution in [3.8, 4) is 0 Å². The summed E-state index contributed by atoms with van der Waals surface area (Å²) in [6.45, 7) is 7.96. The van der Waals surface area contributed by atoms with Gasteiger partial charge in [0.25, 0.3) is 0 Å². The van der Waals surface area contributed by atoms with Crippen LogP contribution in [0.4, 0.5) is 18.9 Å². The second kappa shape index (κ2) is 9.27. The minimum absolute atomic E-state index is 0.162. The fourth-order valence-corrected chi connectivity index (χ4v) is 5.65. The smallest absolute Gasteiger partial charge is 0.369 e. The summed E-state index contributed by atoms with van der Waals surface area (Å²) in [6, 6.07) is 6.00. The molecule has 3 rings (SSSR count). The molecule has 0 radical (unpaired) electrons. The molecular weight excluding hydrogens is 427 g/mol. The first kappa shape index (κ1) is 24.3. The van der Waals surface area contributed by atoms with Gasteiger partial charge in [0.15, 0.2) is 9.84 Å². The van der Waals surface area contributed by atoms with Crippen LogP contribution in [0.1, 0.15) is 26.7 Å². The molecule has 3 atom stereocenters.